The molecule has 0 radical (unpaired) electrons. The molecule has 112 valence electrons. The van der Waals surface area contributed by atoms with Crippen molar-refractivity contribution in [3.8, 4) is 0 Å². The van der Waals surface area contributed by atoms with Crippen LogP contribution in [0.2, 0.25) is 0 Å². The quantitative estimate of drug-likeness (QED) is 0.761. The van der Waals surface area contributed by atoms with Crippen molar-refractivity contribution in [3.63, 3.8) is 0 Å². The van der Waals surface area contributed by atoms with Gasteiger partial charge in [-0.1, -0.05) is 0 Å². The standard InChI is InChI=1S/C14H16N8/c1-10-4-12(17-8-16-10)15-5-11-6-21(7-11)14-3-2-13-19-18-9-22(13)20-14/h2-4,8-9,11H,5-7H2,1H3,(H,15,16,17). The molecule has 3 aromatic rings. The van der Waals surface area contributed by atoms with Crippen LogP contribution in [0.25, 0.3) is 5.65 Å². The lowest BCUT2D eigenvalue weighted by Crippen LogP contribution is -2.50. The molecule has 1 aliphatic heterocycles. The van der Waals surface area contributed by atoms with Crippen LogP contribution in [-0.2, 0) is 0 Å². The van der Waals surface area contributed by atoms with Gasteiger partial charge in [-0.3, -0.25) is 0 Å². The summed E-state index contributed by atoms with van der Waals surface area (Å²) < 4.78 is 1.70. The van der Waals surface area contributed by atoms with E-state index in [4.69, 9.17) is 0 Å². The maximum Gasteiger partial charge on any atom is 0.177 e. The van der Waals surface area contributed by atoms with E-state index in [1.54, 1.807) is 17.2 Å². The van der Waals surface area contributed by atoms with Gasteiger partial charge < -0.3 is 10.2 Å². The van der Waals surface area contributed by atoms with Gasteiger partial charge in [0, 0.05) is 37.3 Å². The Balaban J connectivity index is 1.33. The maximum absolute atomic E-state index is 4.50. The maximum atomic E-state index is 4.50. The molecular formula is C14H16N8. The molecule has 0 spiro atoms. The third-order valence-electron chi connectivity index (χ3n) is 3.80. The molecular weight excluding hydrogens is 280 g/mol. The zero-order valence-corrected chi connectivity index (χ0v) is 12.2. The highest BCUT2D eigenvalue weighted by atomic mass is 15.4. The van der Waals surface area contributed by atoms with Crippen LogP contribution in [0.3, 0.4) is 0 Å². The molecule has 4 heterocycles. The first-order valence-electron chi connectivity index (χ1n) is 7.22. The van der Waals surface area contributed by atoms with Gasteiger partial charge in [0.25, 0.3) is 0 Å². The van der Waals surface area contributed by atoms with Crippen molar-refractivity contribution in [1.29, 1.82) is 0 Å². The Morgan fingerprint density at radius 2 is 2.18 bits per heavy atom. The van der Waals surface area contributed by atoms with Gasteiger partial charge in [-0.25, -0.2) is 9.97 Å². The number of aromatic nitrogens is 6. The summed E-state index contributed by atoms with van der Waals surface area (Å²) in [5.74, 6) is 2.44. The summed E-state index contributed by atoms with van der Waals surface area (Å²) in [7, 11) is 0. The molecule has 4 rings (SSSR count). The van der Waals surface area contributed by atoms with E-state index in [1.807, 2.05) is 25.1 Å². The fourth-order valence-electron chi connectivity index (χ4n) is 2.57. The first-order chi connectivity index (χ1) is 10.8. The topological polar surface area (TPSA) is 84.1 Å². The largest absolute Gasteiger partial charge is 0.370 e. The molecule has 0 bridgehead atoms. The SMILES string of the molecule is Cc1cc(NCC2CN(c3ccc4nncn4n3)C2)ncn1. The van der Waals surface area contributed by atoms with Gasteiger partial charge in [0.15, 0.2) is 5.65 Å². The Hall–Kier alpha value is -2.77. The minimum absolute atomic E-state index is 0.591. The molecule has 0 aliphatic carbocycles. The third kappa shape index (κ3) is 2.43. The molecule has 0 atom stereocenters. The predicted octanol–water partition coefficient (Wildman–Crippen LogP) is 0.771. The Bertz CT molecular complexity index is 792. The van der Waals surface area contributed by atoms with Crippen LogP contribution in [0.15, 0.2) is 30.9 Å². The Morgan fingerprint density at radius 1 is 1.27 bits per heavy atom. The number of nitrogens with one attached hydrogen (secondary N) is 1. The number of hydrogen-bond acceptors (Lipinski definition) is 7. The normalized spacial score (nSPS) is 15.0. The summed E-state index contributed by atoms with van der Waals surface area (Å²) in [6, 6.07) is 5.88. The van der Waals surface area contributed by atoms with Crippen LogP contribution in [0.4, 0.5) is 11.6 Å². The highest BCUT2D eigenvalue weighted by molar-refractivity contribution is 5.47. The zero-order valence-electron chi connectivity index (χ0n) is 12.2. The molecule has 8 heteroatoms. The summed E-state index contributed by atoms with van der Waals surface area (Å²) in [6.45, 7) is 4.84. The van der Waals surface area contributed by atoms with Crippen molar-refractivity contribution in [3.05, 3.63) is 36.5 Å². The second-order valence-electron chi connectivity index (χ2n) is 5.52. The van der Waals surface area contributed by atoms with Crippen molar-refractivity contribution in [2.24, 2.45) is 5.92 Å². The first-order valence-corrected chi connectivity index (χ1v) is 7.22. The number of aryl methyl sites for hydroxylation is 1. The highest BCUT2D eigenvalue weighted by Crippen LogP contribution is 2.22. The molecule has 1 saturated heterocycles. The molecule has 1 fully saturated rings. The summed E-state index contributed by atoms with van der Waals surface area (Å²) in [6.07, 6.45) is 3.21. The average Bonchev–Trinajstić information content (AvgIpc) is 2.93. The summed E-state index contributed by atoms with van der Waals surface area (Å²) in [5.41, 5.74) is 1.74. The van der Waals surface area contributed by atoms with Crippen LogP contribution in [0.5, 0.6) is 0 Å². The van der Waals surface area contributed by atoms with E-state index in [0.717, 1.165) is 42.6 Å². The van der Waals surface area contributed by atoms with Crippen molar-refractivity contribution < 1.29 is 0 Å². The molecule has 1 aliphatic rings. The van der Waals surface area contributed by atoms with Crippen LogP contribution >= 0.6 is 0 Å². The summed E-state index contributed by atoms with van der Waals surface area (Å²) in [4.78, 5) is 10.6. The van der Waals surface area contributed by atoms with E-state index in [1.165, 1.54) is 0 Å². The lowest BCUT2D eigenvalue weighted by molar-refractivity contribution is 0.424. The monoisotopic (exact) mass is 296 g/mol. The molecule has 0 amide bonds. The van der Waals surface area contributed by atoms with Crippen molar-refractivity contribution in [1.82, 2.24) is 29.8 Å². The Kier molecular flexibility index (Phi) is 3.06. The van der Waals surface area contributed by atoms with E-state index in [2.05, 4.69) is 35.5 Å². The fraction of sp³-hybridized carbons (Fsp3) is 0.357. The van der Waals surface area contributed by atoms with Gasteiger partial charge in [-0.2, -0.15) is 4.52 Å². The van der Waals surface area contributed by atoms with Crippen molar-refractivity contribution in [2.75, 3.05) is 29.9 Å². The second-order valence-corrected chi connectivity index (χ2v) is 5.52. The van der Waals surface area contributed by atoms with E-state index < -0.39 is 0 Å². The molecule has 8 nitrogen and oxygen atoms in total. The van der Waals surface area contributed by atoms with E-state index in [9.17, 15) is 0 Å². The van der Waals surface area contributed by atoms with Crippen molar-refractivity contribution >= 4 is 17.3 Å². The Morgan fingerprint density at radius 3 is 3.05 bits per heavy atom. The Labute approximate surface area is 127 Å². The average molecular weight is 296 g/mol. The van der Waals surface area contributed by atoms with Crippen molar-refractivity contribution in [2.45, 2.75) is 6.92 Å². The number of hydrogen-bond donors (Lipinski definition) is 1. The molecule has 22 heavy (non-hydrogen) atoms. The summed E-state index contributed by atoms with van der Waals surface area (Å²) in [5, 5.41) is 15.7. The molecule has 0 aromatic carbocycles. The number of fused-ring (bicyclic) bond motifs is 1. The lowest BCUT2D eigenvalue weighted by atomic mass is 10.0. The number of anilines is 2. The molecule has 0 saturated carbocycles. The van der Waals surface area contributed by atoms with Gasteiger partial charge >= 0.3 is 0 Å². The minimum atomic E-state index is 0.591. The summed E-state index contributed by atoms with van der Waals surface area (Å²) >= 11 is 0. The van der Waals surface area contributed by atoms with Gasteiger partial charge in [0.1, 0.15) is 24.3 Å². The first kappa shape index (κ1) is 12.9. The van der Waals surface area contributed by atoms with E-state index >= 15 is 0 Å². The van der Waals surface area contributed by atoms with Gasteiger partial charge in [-0.15, -0.1) is 15.3 Å². The molecule has 1 N–H and O–H groups in total. The third-order valence-corrected chi connectivity index (χ3v) is 3.80. The van der Waals surface area contributed by atoms with E-state index in [0.29, 0.717) is 5.92 Å². The number of nitrogens with zero attached hydrogens (tertiary/aromatic N) is 7. The molecule has 3 aromatic heterocycles. The highest BCUT2D eigenvalue weighted by Gasteiger charge is 2.27. The fourth-order valence-corrected chi connectivity index (χ4v) is 2.57. The predicted molar refractivity (Wildman–Crippen MR) is 81.7 cm³/mol. The van der Waals surface area contributed by atoms with Crippen LogP contribution in [0.1, 0.15) is 5.69 Å². The zero-order chi connectivity index (χ0) is 14.9. The van der Waals surface area contributed by atoms with Gasteiger partial charge in [0.2, 0.25) is 0 Å². The van der Waals surface area contributed by atoms with Crippen LogP contribution in [-0.4, -0.2) is 49.4 Å². The van der Waals surface area contributed by atoms with Gasteiger partial charge in [-0.05, 0) is 19.1 Å². The van der Waals surface area contributed by atoms with Crippen LogP contribution < -0.4 is 10.2 Å². The smallest absolute Gasteiger partial charge is 0.177 e. The molecule has 0 unspecified atom stereocenters. The second kappa shape index (κ2) is 5.21. The lowest BCUT2D eigenvalue weighted by Gasteiger charge is -2.40. The minimum Gasteiger partial charge on any atom is -0.370 e. The van der Waals surface area contributed by atoms with Crippen LogP contribution in [0, 0.1) is 12.8 Å². The van der Waals surface area contributed by atoms with Gasteiger partial charge in [0.05, 0.1) is 0 Å². The van der Waals surface area contributed by atoms with E-state index in [-0.39, 0.29) is 0 Å². The number of rotatable bonds is 4.